The summed E-state index contributed by atoms with van der Waals surface area (Å²) in [7, 11) is 0. The van der Waals surface area contributed by atoms with Crippen LogP contribution < -0.4 is 0 Å². The minimum atomic E-state index is -0.363. The lowest BCUT2D eigenvalue weighted by Crippen LogP contribution is -2.42. The first kappa shape index (κ1) is 17.3. The molecule has 2 aliphatic rings. The Morgan fingerprint density at radius 2 is 1.96 bits per heavy atom. The average Bonchev–Trinajstić information content (AvgIpc) is 2.83. The lowest BCUT2D eigenvalue weighted by atomic mass is 9.62. The van der Waals surface area contributed by atoms with Gasteiger partial charge in [0.25, 0.3) is 0 Å². The number of phenolic OH excluding ortho intramolecular Hbond substituents is 2. The van der Waals surface area contributed by atoms with Crippen molar-refractivity contribution >= 4 is 23.2 Å². The lowest BCUT2D eigenvalue weighted by molar-refractivity contribution is -0.136. The molecular weight excluding hydrogens is 328 g/mol. The number of carbonyl (C=O) groups is 2. The molecule has 2 fully saturated rings. The molecule has 0 heterocycles. The molecule has 24 heavy (non-hydrogen) atoms. The number of rotatable bonds is 3. The number of phenols is 2. The molecule has 0 bridgehead atoms. The quantitative estimate of drug-likeness (QED) is 0.809. The third-order valence-corrected chi connectivity index (χ3v) is 6.48. The van der Waals surface area contributed by atoms with Crippen LogP contribution in [0.15, 0.2) is 6.07 Å². The van der Waals surface area contributed by atoms with Gasteiger partial charge in [-0.1, -0.05) is 18.5 Å². The Bertz CT molecular complexity index is 712. The number of benzene rings is 1. The number of carbonyl (C=O) groups excluding carboxylic acids is 2. The van der Waals surface area contributed by atoms with E-state index in [2.05, 4.69) is 0 Å². The summed E-state index contributed by atoms with van der Waals surface area (Å²) in [4.78, 5) is 24.7. The molecule has 5 heteroatoms. The highest BCUT2D eigenvalue weighted by molar-refractivity contribution is 6.32. The maximum Gasteiger partial charge on any atom is 0.176 e. The molecular formula is C19H23ClO4. The van der Waals surface area contributed by atoms with Gasteiger partial charge in [-0.15, -0.1) is 0 Å². The third-order valence-electron chi connectivity index (χ3n) is 6.19. The van der Waals surface area contributed by atoms with E-state index in [1.54, 1.807) is 6.07 Å². The second-order valence-corrected chi connectivity index (χ2v) is 7.86. The fraction of sp³-hybridized carbons (Fsp3) is 0.579. The van der Waals surface area contributed by atoms with Gasteiger partial charge in [-0.05, 0) is 50.2 Å². The van der Waals surface area contributed by atoms with Gasteiger partial charge in [0.1, 0.15) is 11.6 Å². The summed E-state index contributed by atoms with van der Waals surface area (Å²) < 4.78 is 0. The van der Waals surface area contributed by atoms with Gasteiger partial charge in [-0.2, -0.15) is 0 Å². The molecule has 0 unspecified atom stereocenters. The molecule has 0 radical (unpaired) electrons. The van der Waals surface area contributed by atoms with Crippen molar-refractivity contribution < 1.29 is 19.8 Å². The predicted octanol–water partition coefficient (Wildman–Crippen LogP) is 3.96. The molecule has 0 aromatic heterocycles. The van der Waals surface area contributed by atoms with Crippen LogP contribution in [0.25, 0.3) is 0 Å². The van der Waals surface area contributed by atoms with E-state index in [1.807, 2.05) is 13.8 Å². The topological polar surface area (TPSA) is 74.6 Å². The third kappa shape index (κ3) is 2.61. The van der Waals surface area contributed by atoms with E-state index in [1.165, 1.54) is 0 Å². The Hall–Kier alpha value is -1.55. The van der Waals surface area contributed by atoms with Gasteiger partial charge < -0.3 is 10.2 Å². The monoisotopic (exact) mass is 350 g/mol. The number of halogens is 1. The van der Waals surface area contributed by atoms with Gasteiger partial charge in [0.2, 0.25) is 0 Å². The van der Waals surface area contributed by atoms with Gasteiger partial charge in [0.15, 0.2) is 11.5 Å². The van der Waals surface area contributed by atoms with E-state index in [0.29, 0.717) is 37.7 Å². The number of hydrogen-bond acceptors (Lipinski definition) is 4. The summed E-state index contributed by atoms with van der Waals surface area (Å²) in [6.45, 7) is 3.83. The number of ketones is 2. The number of hydrogen-bond donors (Lipinski definition) is 2. The van der Waals surface area contributed by atoms with E-state index in [9.17, 15) is 19.8 Å². The van der Waals surface area contributed by atoms with Crippen LogP contribution in [0, 0.1) is 24.2 Å². The molecule has 0 saturated heterocycles. The van der Waals surface area contributed by atoms with Crippen LogP contribution in [0.4, 0.5) is 0 Å². The van der Waals surface area contributed by atoms with Crippen molar-refractivity contribution in [2.45, 2.75) is 52.4 Å². The summed E-state index contributed by atoms with van der Waals surface area (Å²) in [6.07, 6.45) is 3.54. The molecule has 2 N–H and O–H groups in total. The molecule has 2 saturated carbocycles. The van der Waals surface area contributed by atoms with Gasteiger partial charge >= 0.3 is 0 Å². The first-order chi connectivity index (χ1) is 11.3. The molecule has 0 aliphatic heterocycles. The van der Waals surface area contributed by atoms with Crippen molar-refractivity contribution in [2.75, 3.05) is 0 Å². The molecule has 0 amide bonds. The first-order valence-electron chi connectivity index (χ1n) is 8.51. The van der Waals surface area contributed by atoms with Crippen molar-refractivity contribution in [3.05, 3.63) is 22.2 Å². The Morgan fingerprint density at radius 3 is 2.67 bits per heavy atom. The molecule has 1 aromatic rings. The van der Waals surface area contributed by atoms with Crippen molar-refractivity contribution in [1.29, 1.82) is 0 Å². The molecule has 130 valence electrons. The number of Topliss-reactive ketones (excluding diaryl/α,β-unsaturated/α-hetero) is 2. The summed E-state index contributed by atoms with van der Waals surface area (Å²) in [5.74, 6) is -0.0428. The molecule has 3 atom stereocenters. The number of aromatic hydroxyl groups is 2. The van der Waals surface area contributed by atoms with Crippen molar-refractivity contribution in [2.24, 2.45) is 17.3 Å². The van der Waals surface area contributed by atoms with E-state index >= 15 is 0 Å². The Morgan fingerprint density at radius 1 is 1.25 bits per heavy atom. The second kappa shape index (κ2) is 6.07. The largest absolute Gasteiger partial charge is 0.504 e. The van der Waals surface area contributed by atoms with E-state index in [4.69, 9.17) is 11.6 Å². The van der Waals surface area contributed by atoms with Crippen LogP contribution in [-0.2, 0) is 16.0 Å². The van der Waals surface area contributed by atoms with Gasteiger partial charge in [-0.25, -0.2) is 0 Å². The zero-order valence-electron chi connectivity index (χ0n) is 14.1. The zero-order valence-corrected chi connectivity index (χ0v) is 14.8. The van der Waals surface area contributed by atoms with Gasteiger partial charge in [0.05, 0.1) is 5.02 Å². The zero-order chi connectivity index (χ0) is 17.6. The smallest absolute Gasteiger partial charge is 0.176 e. The minimum Gasteiger partial charge on any atom is -0.504 e. The number of aryl methyl sites for hydroxylation is 1. The normalized spacial score (nSPS) is 29.8. The standard InChI is InChI=1S/C19H23ClO4/c1-10-9-14(20)18(24)17(23)11(10)3-4-12-13-5-6-16(22)19(13,2)8-7-15(12)21/h9,12-13,23-24H,3-8H2,1-2H3/t12-,13-,19-/m0/s1. The van der Waals surface area contributed by atoms with Crippen LogP contribution in [0.5, 0.6) is 11.5 Å². The molecule has 0 spiro atoms. The summed E-state index contributed by atoms with van der Waals surface area (Å²) in [5.41, 5.74) is 1.06. The van der Waals surface area contributed by atoms with Crippen LogP contribution in [-0.4, -0.2) is 21.8 Å². The molecule has 4 nitrogen and oxygen atoms in total. The highest BCUT2D eigenvalue weighted by Gasteiger charge is 2.53. The fourth-order valence-corrected chi connectivity index (χ4v) is 4.88. The molecule has 3 rings (SSSR count). The Kier molecular flexibility index (Phi) is 4.37. The Balaban J connectivity index is 1.83. The molecule has 2 aliphatic carbocycles. The predicted molar refractivity (Wildman–Crippen MR) is 91.4 cm³/mol. The Labute approximate surface area is 146 Å². The summed E-state index contributed by atoms with van der Waals surface area (Å²) >= 11 is 5.87. The van der Waals surface area contributed by atoms with Crippen molar-refractivity contribution in [3.8, 4) is 11.5 Å². The SMILES string of the molecule is Cc1cc(Cl)c(O)c(O)c1CC[C@@H]1C(=O)CC[C@]2(C)C(=O)CC[C@@H]12. The van der Waals surface area contributed by atoms with Crippen LogP contribution in [0.2, 0.25) is 5.02 Å². The van der Waals surface area contributed by atoms with Gasteiger partial charge in [-0.3, -0.25) is 9.59 Å². The first-order valence-corrected chi connectivity index (χ1v) is 8.89. The van der Waals surface area contributed by atoms with Crippen LogP contribution in [0.3, 0.4) is 0 Å². The second-order valence-electron chi connectivity index (χ2n) is 7.45. The van der Waals surface area contributed by atoms with E-state index in [0.717, 1.165) is 12.0 Å². The molecule has 1 aromatic carbocycles. The summed E-state index contributed by atoms with van der Waals surface area (Å²) in [6, 6.07) is 1.62. The highest BCUT2D eigenvalue weighted by atomic mass is 35.5. The van der Waals surface area contributed by atoms with Crippen molar-refractivity contribution in [1.82, 2.24) is 0 Å². The summed E-state index contributed by atoms with van der Waals surface area (Å²) in [5, 5.41) is 20.1. The van der Waals surface area contributed by atoms with Crippen molar-refractivity contribution in [3.63, 3.8) is 0 Å². The maximum absolute atomic E-state index is 12.5. The van der Waals surface area contributed by atoms with E-state index in [-0.39, 0.29) is 45.3 Å². The van der Waals surface area contributed by atoms with E-state index < -0.39 is 0 Å². The van der Waals surface area contributed by atoms with Gasteiger partial charge in [0, 0.05) is 29.7 Å². The minimum absolute atomic E-state index is 0.106. The lowest BCUT2D eigenvalue weighted by Gasteiger charge is -2.39. The highest BCUT2D eigenvalue weighted by Crippen LogP contribution is 2.52. The number of fused-ring (bicyclic) bond motifs is 1. The van der Waals surface area contributed by atoms with Crippen LogP contribution >= 0.6 is 11.6 Å². The fourth-order valence-electron chi connectivity index (χ4n) is 4.63. The maximum atomic E-state index is 12.5. The average molecular weight is 351 g/mol. The van der Waals surface area contributed by atoms with Crippen LogP contribution in [0.1, 0.15) is 50.2 Å².